The average molecular weight is 313 g/mol. The van der Waals surface area contributed by atoms with Crippen molar-refractivity contribution in [1.82, 2.24) is 20.1 Å². The Morgan fingerprint density at radius 3 is 2.96 bits per heavy atom. The third-order valence-electron chi connectivity index (χ3n) is 4.35. The normalized spacial score (nSPS) is 15.5. The van der Waals surface area contributed by atoms with E-state index in [0.29, 0.717) is 12.3 Å². The first-order chi connectivity index (χ1) is 11.2. The van der Waals surface area contributed by atoms with E-state index in [1.807, 2.05) is 35.9 Å². The molecule has 6 nitrogen and oxygen atoms in total. The molecule has 0 bridgehead atoms. The standard InChI is InChI=1S/C17H23N5O/c1-22-12-19-21-17(22)14-3-2-4-15(11-14)20-16(23)6-5-13-7-9-18-10-8-13/h2-4,11-13,18H,5-10H2,1H3,(H,20,23). The van der Waals surface area contributed by atoms with Crippen molar-refractivity contribution in [3.8, 4) is 11.4 Å². The van der Waals surface area contributed by atoms with E-state index in [9.17, 15) is 4.79 Å². The summed E-state index contributed by atoms with van der Waals surface area (Å²) < 4.78 is 1.86. The summed E-state index contributed by atoms with van der Waals surface area (Å²) >= 11 is 0. The minimum atomic E-state index is 0.0821. The molecule has 122 valence electrons. The SMILES string of the molecule is Cn1cnnc1-c1cccc(NC(=O)CCC2CCNCC2)c1. The Balaban J connectivity index is 1.57. The van der Waals surface area contributed by atoms with Crippen molar-refractivity contribution < 1.29 is 4.79 Å². The van der Waals surface area contributed by atoms with Gasteiger partial charge in [-0.05, 0) is 50.4 Å². The van der Waals surface area contributed by atoms with Crippen molar-refractivity contribution in [1.29, 1.82) is 0 Å². The molecule has 0 atom stereocenters. The Bertz CT molecular complexity index is 661. The van der Waals surface area contributed by atoms with Crippen molar-refractivity contribution in [2.24, 2.45) is 13.0 Å². The number of anilines is 1. The van der Waals surface area contributed by atoms with Crippen LogP contribution in [0, 0.1) is 5.92 Å². The predicted octanol–water partition coefficient (Wildman–Crippen LogP) is 2.20. The van der Waals surface area contributed by atoms with Crippen LogP contribution >= 0.6 is 0 Å². The van der Waals surface area contributed by atoms with Gasteiger partial charge in [-0.15, -0.1) is 10.2 Å². The van der Waals surface area contributed by atoms with Gasteiger partial charge in [0.2, 0.25) is 5.91 Å². The largest absolute Gasteiger partial charge is 0.326 e. The molecule has 2 N–H and O–H groups in total. The van der Waals surface area contributed by atoms with Crippen molar-refractivity contribution in [3.05, 3.63) is 30.6 Å². The Morgan fingerprint density at radius 1 is 1.39 bits per heavy atom. The van der Waals surface area contributed by atoms with E-state index in [0.717, 1.165) is 36.6 Å². The number of benzene rings is 1. The van der Waals surface area contributed by atoms with Crippen molar-refractivity contribution in [3.63, 3.8) is 0 Å². The van der Waals surface area contributed by atoms with E-state index in [2.05, 4.69) is 20.8 Å². The number of carbonyl (C=O) groups is 1. The summed E-state index contributed by atoms with van der Waals surface area (Å²) in [5, 5.41) is 14.3. The molecule has 0 spiro atoms. The zero-order valence-corrected chi connectivity index (χ0v) is 13.5. The number of nitrogens with zero attached hydrogens (tertiary/aromatic N) is 3. The first-order valence-corrected chi connectivity index (χ1v) is 8.17. The fraction of sp³-hybridized carbons (Fsp3) is 0.471. The number of aromatic nitrogens is 3. The number of amides is 1. The molecule has 1 fully saturated rings. The molecule has 0 unspecified atom stereocenters. The van der Waals surface area contributed by atoms with Gasteiger partial charge in [0.25, 0.3) is 0 Å². The Labute approximate surface area is 136 Å². The average Bonchev–Trinajstić information content (AvgIpc) is 3.00. The lowest BCUT2D eigenvalue weighted by Crippen LogP contribution is -2.28. The number of rotatable bonds is 5. The van der Waals surface area contributed by atoms with E-state index >= 15 is 0 Å². The zero-order valence-electron chi connectivity index (χ0n) is 13.5. The summed E-state index contributed by atoms with van der Waals surface area (Å²) in [5.41, 5.74) is 1.75. The molecular weight excluding hydrogens is 290 g/mol. The Hall–Kier alpha value is -2.21. The molecule has 2 heterocycles. The van der Waals surface area contributed by atoms with E-state index in [4.69, 9.17) is 0 Å². The molecule has 2 aromatic rings. The molecule has 1 saturated heterocycles. The molecule has 0 radical (unpaired) electrons. The molecule has 1 amide bonds. The van der Waals surface area contributed by atoms with Crippen LogP contribution in [0.15, 0.2) is 30.6 Å². The lowest BCUT2D eigenvalue weighted by atomic mass is 9.93. The highest BCUT2D eigenvalue weighted by atomic mass is 16.1. The van der Waals surface area contributed by atoms with Crippen molar-refractivity contribution in [2.75, 3.05) is 18.4 Å². The predicted molar refractivity (Wildman–Crippen MR) is 89.9 cm³/mol. The van der Waals surface area contributed by atoms with E-state index in [1.54, 1.807) is 6.33 Å². The molecule has 0 saturated carbocycles. The minimum Gasteiger partial charge on any atom is -0.326 e. The molecule has 1 aromatic carbocycles. The molecule has 0 aliphatic carbocycles. The molecule has 1 aliphatic rings. The summed E-state index contributed by atoms with van der Waals surface area (Å²) in [6, 6.07) is 7.73. The van der Waals surface area contributed by atoms with Gasteiger partial charge in [0.05, 0.1) is 0 Å². The first kappa shape index (κ1) is 15.7. The number of carbonyl (C=O) groups excluding carboxylic acids is 1. The Morgan fingerprint density at radius 2 is 2.22 bits per heavy atom. The van der Waals surface area contributed by atoms with Crippen molar-refractivity contribution in [2.45, 2.75) is 25.7 Å². The lowest BCUT2D eigenvalue weighted by Gasteiger charge is -2.22. The minimum absolute atomic E-state index is 0.0821. The molecule has 1 aromatic heterocycles. The number of nitrogens with one attached hydrogen (secondary N) is 2. The summed E-state index contributed by atoms with van der Waals surface area (Å²) in [7, 11) is 1.90. The summed E-state index contributed by atoms with van der Waals surface area (Å²) in [4.78, 5) is 12.2. The van der Waals surface area contributed by atoms with Gasteiger partial charge >= 0.3 is 0 Å². The van der Waals surface area contributed by atoms with Crippen LogP contribution in [0.5, 0.6) is 0 Å². The fourth-order valence-corrected chi connectivity index (χ4v) is 3.01. The molecular formula is C17H23N5O. The van der Waals surface area contributed by atoms with E-state index < -0.39 is 0 Å². The highest BCUT2D eigenvalue weighted by Gasteiger charge is 2.14. The fourth-order valence-electron chi connectivity index (χ4n) is 3.01. The van der Waals surface area contributed by atoms with Crippen LogP contribution in [-0.4, -0.2) is 33.8 Å². The second kappa shape index (κ2) is 7.37. The highest BCUT2D eigenvalue weighted by molar-refractivity contribution is 5.91. The zero-order chi connectivity index (χ0) is 16.1. The quantitative estimate of drug-likeness (QED) is 0.887. The smallest absolute Gasteiger partial charge is 0.224 e. The maximum absolute atomic E-state index is 12.2. The van der Waals surface area contributed by atoms with Crippen LogP contribution in [0.1, 0.15) is 25.7 Å². The van der Waals surface area contributed by atoms with Crippen molar-refractivity contribution >= 4 is 11.6 Å². The van der Waals surface area contributed by atoms with Crippen LogP contribution in [0.3, 0.4) is 0 Å². The first-order valence-electron chi connectivity index (χ1n) is 8.17. The van der Waals surface area contributed by atoms with Gasteiger partial charge in [-0.1, -0.05) is 12.1 Å². The van der Waals surface area contributed by atoms with E-state index in [-0.39, 0.29) is 5.91 Å². The Kier molecular flexibility index (Phi) is 5.02. The van der Waals surface area contributed by atoms with E-state index in [1.165, 1.54) is 12.8 Å². The maximum atomic E-state index is 12.2. The van der Waals surface area contributed by atoms with Gasteiger partial charge in [-0.2, -0.15) is 0 Å². The monoisotopic (exact) mass is 313 g/mol. The van der Waals surface area contributed by atoms with Gasteiger partial charge in [0.15, 0.2) is 5.82 Å². The van der Waals surface area contributed by atoms with Gasteiger partial charge in [0, 0.05) is 24.7 Å². The number of aryl methyl sites for hydroxylation is 1. The van der Waals surface area contributed by atoms with Crippen LogP contribution in [-0.2, 0) is 11.8 Å². The lowest BCUT2D eigenvalue weighted by molar-refractivity contribution is -0.116. The number of hydrogen-bond donors (Lipinski definition) is 2. The third kappa shape index (κ3) is 4.16. The van der Waals surface area contributed by atoms with Crippen LogP contribution in [0.2, 0.25) is 0 Å². The van der Waals surface area contributed by atoms with Gasteiger partial charge < -0.3 is 15.2 Å². The van der Waals surface area contributed by atoms with Crippen LogP contribution in [0.4, 0.5) is 5.69 Å². The molecule has 6 heteroatoms. The second-order valence-electron chi connectivity index (χ2n) is 6.13. The molecule has 1 aliphatic heterocycles. The topological polar surface area (TPSA) is 71.8 Å². The molecule has 23 heavy (non-hydrogen) atoms. The van der Waals surface area contributed by atoms with Gasteiger partial charge in [-0.25, -0.2) is 0 Å². The summed E-state index contributed by atoms with van der Waals surface area (Å²) in [5.74, 6) is 1.54. The highest BCUT2D eigenvalue weighted by Crippen LogP contribution is 2.21. The number of hydrogen-bond acceptors (Lipinski definition) is 4. The maximum Gasteiger partial charge on any atom is 0.224 e. The summed E-state index contributed by atoms with van der Waals surface area (Å²) in [6.07, 6.45) is 5.57. The summed E-state index contributed by atoms with van der Waals surface area (Å²) in [6.45, 7) is 2.15. The van der Waals surface area contributed by atoms with Crippen LogP contribution < -0.4 is 10.6 Å². The second-order valence-corrected chi connectivity index (χ2v) is 6.13. The molecule has 3 rings (SSSR count). The van der Waals surface area contributed by atoms with Gasteiger partial charge in [0.1, 0.15) is 6.33 Å². The number of piperidine rings is 1. The van der Waals surface area contributed by atoms with Gasteiger partial charge in [-0.3, -0.25) is 4.79 Å². The third-order valence-corrected chi connectivity index (χ3v) is 4.35. The van der Waals surface area contributed by atoms with Crippen LogP contribution in [0.25, 0.3) is 11.4 Å².